The molecule has 1 aliphatic rings. The van der Waals surface area contributed by atoms with Gasteiger partial charge in [0, 0.05) is 17.8 Å². The van der Waals surface area contributed by atoms with E-state index in [1.807, 2.05) is 30.0 Å². The average Bonchev–Trinajstić information content (AvgIpc) is 3.30. The third kappa shape index (κ3) is 4.18. The number of benzene rings is 2. The first-order chi connectivity index (χ1) is 15.9. The van der Waals surface area contributed by atoms with Gasteiger partial charge in [-0.25, -0.2) is 0 Å². The number of aromatic nitrogens is 2. The lowest BCUT2D eigenvalue weighted by molar-refractivity contribution is 0.355. The number of thiocarbonyl (C=S) groups is 1. The zero-order valence-corrected chi connectivity index (χ0v) is 20.5. The molecule has 0 radical (unpaired) electrons. The molecule has 172 valence electrons. The second kappa shape index (κ2) is 9.23. The summed E-state index contributed by atoms with van der Waals surface area (Å²) in [6.07, 6.45) is 0. The molecule has 1 aliphatic heterocycles. The van der Waals surface area contributed by atoms with E-state index in [1.165, 1.54) is 11.1 Å². The molecule has 0 bridgehead atoms. The summed E-state index contributed by atoms with van der Waals surface area (Å²) in [4.78, 5) is 6.80. The van der Waals surface area contributed by atoms with Crippen LogP contribution in [-0.4, -0.2) is 40.9 Å². The molecule has 1 aromatic heterocycles. The van der Waals surface area contributed by atoms with Crippen LogP contribution in [0.5, 0.6) is 11.5 Å². The molecule has 33 heavy (non-hydrogen) atoms. The summed E-state index contributed by atoms with van der Waals surface area (Å²) < 4.78 is 16.5. The molecule has 2 aromatic carbocycles. The van der Waals surface area contributed by atoms with Gasteiger partial charge in [-0.05, 0) is 74.8 Å². The van der Waals surface area contributed by atoms with Crippen LogP contribution in [0.2, 0.25) is 0 Å². The molecular formula is C25H28N4O3S. The second-order valence-electron chi connectivity index (χ2n) is 7.96. The number of methoxy groups -OCH3 is 2. The van der Waals surface area contributed by atoms with Gasteiger partial charge >= 0.3 is 0 Å². The highest BCUT2D eigenvalue weighted by atomic mass is 32.1. The summed E-state index contributed by atoms with van der Waals surface area (Å²) in [7, 11) is 3.20. The van der Waals surface area contributed by atoms with Crippen LogP contribution in [0, 0.1) is 13.8 Å². The molecule has 4 rings (SSSR count). The summed E-state index contributed by atoms with van der Waals surface area (Å²) in [6, 6.07) is 11.8. The predicted octanol–water partition coefficient (Wildman–Crippen LogP) is 5.05. The van der Waals surface area contributed by atoms with Crippen LogP contribution in [0.25, 0.3) is 17.0 Å². The highest BCUT2D eigenvalue weighted by molar-refractivity contribution is 7.80. The van der Waals surface area contributed by atoms with E-state index in [4.69, 9.17) is 31.2 Å². The molecule has 0 amide bonds. The average molecular weight is 465 g/mol. The lowest BCUT2D eigenvalue weighted by atomic mass is 9.92. The van der Waals surface area contributed by atoms with Gasteiger partial charge < -0.3 is 24.2 Å². The van der Waals surface area contributed by atoms with Crippen molar-refractivity contribution in [2.75, 3.05) is 20.8 Å². The monoisotopic (exact) mass is 464 g/mol. The Labute approximate surface area is 199 Å². The Bertz CT molecular complexity index is 1230. The van der Waals surface area contributed by atoms with Gasteiger partial charge in [0.1, 0.15) is 0 Å². The van der Waals surface area contributed by atoms with Gasteiger partial charge in [0.2, 0.25) is 5.82 Å². The molecule has 0 fully saturated rings. The van der Waals surface area contributed by atoms with Crippen LogP contribution < -0.4 is 14.8 Å². The maximum atomic E-state index is 5.79. The van der Waals surface area contributed by atoms with Gasteiger partial charge in [-0.3, -0.25) is 0 Å². The molecule has 8 heteroatoms. The minimum absolute atomic E-state index is 0.196. The molecule has 7 nitrogen and oxygen atoms in total. The maximum Gasteiger partial charge on any atom is 0.258 e. The number of hydrogen-bond acceptors (Lipinski definition) is 6. The first-order valence-corrected chi connectivity index (χ1v) is 11.2. The summed E-state index contributed by atoms with van der Waals surface area (Å²) >= 11 is 5.66. The topological polar surface area (TPSA) is 72.7 Å². The van der Waals surface area contributed by atoms with Crippen molar-refractivity contribution in [2.24, 2.45) is 0 Å². The lowest BCUT2D eigenvalue weighted by Gasteiger charge is -2.36. The predicted molar refractivity (Wildman–Crippen MR) is 132 cm³/mol. The van der Waals surface area contributed by atoms with Gasteiger partial charge in [-0.2, -0.15) is 4.98 Å². The van der Waals surface area contributed by atoms with E-state index >= 15 is 0 Å². The molecule has 0 spiro atoms. The fourth-order valence-electron chi connectivity index (χ4n) is 4.06. The standard InChI is InChI=1S/C25H28N4O3S/c1-7-29-16(4)21(22(26-25(29)33)17-9-8-14(2)15(3)12-17)24-27-23(28-32-24)18-10-11-19(30-5)20(13-18)31-6/h8-13,22H,7H2,1-6H3,(H,26,33). The van der Waals surface area contributed by atoms with Crippen molar-refractivity contribution < 1.29 is 14.0 Å². The van der Waals surface area contributed by atoms with E-state index in [-0.39, 0.29) is 6.04 Å². The molecule has 1 unspecified atom stereocenters. The minimum atomic E-state index is -0.196. The molecule has 0 saturated carbocycles. The van der Waals surface area contributed by atoms with Crippen molar-refractivity contribution in [2.45, 2.75) is 33.7 Å². The van der Waals surface area contributed by atoms with Gasteiger partial charge in [0.15, 0.2) is 16.6 Å². The zero-order chi connectivity index (χ0) is 23.7. The normalized spacial score (nSPS) is 16.1. The fourth-order valence-corrected chi connectivity index (χ4v) is 4.44. The number of rotatable bonds is 6. The third-order valence-corrected chi connectivity index (χ3v) is 6.41. The van der Waals surface area contributed by atoms with Crippen molar-refractivity contribution in [3.8, 4) is 22.9 Å². The minimum Gasteiger partial charge on any atom is -0.493 e. The summed E-state index contributed by atoms with van der Waals surface area (Å²) in [5.74, 6) is 2.17. The van der Waals surface area contributed by atoms with E-state index < -0.39 is 0 Å². The Balaban J connectivity index is 1.80. The van der Waals surface area contributed by atoms with Crippen LogP contribution in [0.3, 0.4) is 0 Å². The van der Waals surface area contributed by atoms with E-state index in [1.54, 1.807) is 14.2 Å². The zero-order valence-electron chi connectivity index (χ0n) is 19.7. The van der Waals surface area contributed by atoms with E-state index in [2.05, 4.69) is 49.4 Å². The van der Waals surface area contributed by atoms with Crippen molar-refractivity contribution in [3.05, 3.63) is 64.7 Å². The number of hydrogen-bond donors (Lipinski definition) is 1. The maximum absolute atomic E-state index is 5.79. The smallest absolute Gasteiger partial charge is 0.258 e. The molecule has 3 aromatic rings. The van der Waals surface area contributed by atoms with Crippen LogP contribution in [-0.2, 0) is 0 Å². The quantitative estimate of drug-likeness (QED) is 0.508. The number of allylic oxidation sites excluding steroid dienone is 1. The third-order valence-electron chi connectivity index (χ3n) is 6.08. The Hall–Kier alpha value is -3.39. The highest BCUT2D eigenvalue weighted by Crippen LogP contribution is 2.38. The highest BCUT2D eigenvalue weighted by Gasteiger charge is 2.33. The molecular weight excluding hydrogens is 436 g/mol. The summed E-state index contributed by atoms with van der Waals surface area (Å²) in [5.41, 5.74) is 6.22. The van der Waals surface area contributed by atoms with E-state index in [9.17, 15) is 0 Å². The molecule has 0 saturated heterocycles. The Kier molecular flexibility index (Phi) is 6.37. The van der Waals surface area contributed by atoms with Gasteiger partial charge in [0.25, 0.3) is 5.89 Å². The van der Waals surface area contributed by atoms with Gasteiger partial charge in [-0.15, -0.1) is 0 Å². The SMILES string of the molecule is CCN1C(=S)NC(c2ccc(C)c(C)c2)C(c2nc(-c3ccc(OC)c(OC)c3)no2)=C1C. The summed E-state index contributed by atoms with van der Waals surface area (Å²) in [6.45, 7) is 9.05. The molecule has 0 aliphatic carbocycles. The van der Waals surface area contributed by atoms with Gasteiger partial charge in [-0.1, -0.05) is 23.4 Å². The first kappa shape index (κ1) is 22.8. The first-order valence-electron chi connectivity index (χ1n) is 10.8. The van der Waals surface area contributed by atoms with Crippen LogP contribution in [0.1, 0.15) is 42.5 Å². The largest absolute Gasteiger partial charge is 0.493 e. The van der Waals surface area contributed by atoms with Crippen molar-refractivity contribution in [3.63, 3.8) is 0 Å². The Morgan fingerprint density at radius 2 is 1.79 bits per heavy atom. The van der Waals surface area contributed by atoms with Crippen LogP contribution in [0.15, 0.2) is 46.6 Å². The summed E-state index contributed by atoms with van der Waals surface area (Å²) in [5, 5.41) is 8.42. The van der Waals surface area contributed by atoms with Crippen molar-refractivity contribution >= 4 is 22.9 Å². The number of nitrogens with zero attached hydrogens (tertiary/aromatic N) is 3. The van der Waals surface area contributed by atoms with Crippen molar-refractivity contribution in [1.82, 2.24) is 20.4 Å². The van der Waals surface area contributed by atoms with E-state index in [0.29, 0.717) is 28.3 Å². The second-order valence-corrected chi connectivity index (χ2v) is 8.35. The Morgan fingerprint density at radius 3 is 2.45 bits per heavy atom. The van der Waals surface area contributed by atoms with Crippen LogP contribution in [0.4, 0.5) is 0 Å². The number of ether oxygens (including phenoxy) is 2. The van der Waals surface area contributed by atoms with E-state index in [0.717, 1.165) is 28.9 Å². The molecule has 1 N–H and O–H groups in total. The lowest BCUT2D eigenvalue weighted by Crippen LogP contribution is -2.45. The Morgan fingerprint density at radius 1 is 1.03 bits per heavy atom. The number of aryl methyl sites for hydroxylation is 2. The van der Waals surface area contributed by atoms with Crippen LogP contribution >= 0.6 is 12.2 Å². The number of nitrogens with one attached hydrogen (secondary N) is 1. The molecule has 2 heterocycles. The van der Waals surface area contributed by atoms with Crippen molar-refractivity contribution in [1.29, 1.82) is 0 Å². The fraction of sp³-hybridized carbons (Fsp3) is 0.320. The molecule has 1 atom stereocenters. The van der Waals surface area contributed by atoms with Gasteiger partial charge in [0.05, 0.1) is 25.8 Å².